The van der Waals surface area contributed by atoms with E-state index in [4.69, 9.17) is 9.15 Å². The molecule has 2 aliphatic rings. The van der Waals surface area contributed by atoms with Gasteiger partial charge in [-0.25, -0.2) is 8.42 Å². The molecule has 2 fully saturated rings. The normalized spacial score (nSPS) is 23.8. The van der Waals surface area contributed by atoms with Crippen LogP contribution in [0, 0.1) is 0 Å². The number of hydrogen-bond acceptors (Lipinski definition) is 6. The highest BCUT2D eigenvalue weighted by molar-refractivity contribution is 7.89. The van der Waals surface area contributed by atoms with E-state index >= 15 is 0 Å². The van der Waals surface area contributed by atoms with Crippen LogP contribution in [0.3, 0.4) is 0 Å². The maximum absolute atomic E-state index is 13.0. The molecular weight excluding hydrogens is 430 g/mol. The van der Waals surface area contributed by atoms with Crippen molar-refractivity contribution in [1.82, 2.24) is 14.5 Å². The second-order valence-electron chi connectivity index (χ2n) is 8.59. The van der Waals surface area contributed by atoms with Gasteiger partial charge in [0.1, 0.15) is 5.76 Å². The molecule has 0 spiro atoms. The maximum atomic E-state index is 13.0. The first-order valence-corrected chi connectivity index (χ1v) is 12.6. The first kappa shape index (κ1) is 23.0. The molecule has 1 aromatic carbocycles. The molecule has 1 aromatic heterocycles. The summed E-state index contributed by atoms with van der Waals surface area (Å²) >= 11 is 0. The number of nitrogens with zero attached hydrogens (tertiary/aromatic N) is 2. The fourth-order valence-corrected chi connectivity index (χ4v) is 6.08. The van der Waals surface area contributed by atoms with Crippen molar-refractivity contribution in [3.05, 3.63) is 54.0 Å². The van der Waals surface area contributed by atoms with Crippen molar-refractivity contribution in [1.29, 1.82) is 0 Å². The number of morpholine rings is 1. The van der Waals surface area contributed by atoms with Crippen molar-refractivity contribution in [2.45, 2.75) is 49.8 Å². The molecule has 8 nitrogen and oxygen atoms in total. The Labute approximate surface area is 189 Å². The van der Waals surface area contributed by atoms with Gasteiger partial charge in [0.2, 0.25) is 10.0 Å². The minimum atomic E-state index is -3.63. The lowest BCUT2D eigenvalue weighted by atomic mass is 10.1. The van der Waals surface area contributed by atoms with Crippen LogP contribution in [0.5, 0.6) is 0 Å². The lowest BCUT2D eigenvalue weighted by Crippen LogP contribution is -2.48. The number of ether oxygens (including phenoxy) is 1. The summed E-state index contributed by atoms with van der Waals surface area (Å²) in [5.74, 6) is 0.598. The Bertz CT molecular complexity index is 991. The Morgan fingerprint density at radius 3 is 2.34 bits per heavy atom. The Morgan fingerprint density at radius 1 is 1.09 bits per heavy atom. The van der Waals surface area contributed by atoms with Crippen LogP contribution in [-0.4, -0.2) is 68.5 Å². The van der Waals surface area contributed by atoms with Gasteiger partial charge in [-0.3, -0.25) is 9.69 Å². The Balaban J connectivity index is 1.41. The van der Waals surface area contributed by atoms with E-state index in [2.05, 4.69) is 10.2 Å². The predicted molar refractivity (Wildman–Crippen MR) is 120 cm³/mol. The summed E-state index contributed by atoms with van der Waals surface area (Å²) in [7, 11) is -3.63. The minimum Gasteiger partial charge on any atom is -0.468 e. The van der Waals surface area contributed by atoms with Crippen LogP contribution in [0.4, 0.5) is 0 Å². The zero-order chi connectivity index (χ0) is 22.7. The van der Waals surface area contributed by atoms with Gasteiger partial charge >= 0.3 is 0 Å². The quantitative estimate of drug-likeness (QED) is 0.682. The fourth-order valence-electron chi connectivity index (χ4n) is 4.49. The van der Waals surface area contributed by atoms with E-state index in [1.54, 1.807) is 18.4 Å². The monoisotopic (exact) mass is 461 g/mol. The molecule has 9 heteroatoms. The molecule has 0 aliphatic carbocycles. The van der Waals surface area contributed by atoms with Crippen molar-refractivity contribution in [3.8, 4) is 0 Å². The fraction of sp³-hybridized carbons (Fsp3) is 0.522. The van der Waals surface area contributed by atoms with Gasteiger partial charge in [-0.05, 0) is 76.2 Å². The molecule has 3 atom stereocenters. The van der Waals surface area contributed by atoms with Crippen LogP contribution < -0.4 is 5.32 Å². The number of hydrogen-bond donors (Lipinski definition) is 1. The molecule has 0 unspecified atom stereocenters. The molecule has 174 valence electrons. The van der Waals surface area contributed by atoms with E-state index < -0.39 is 10.0 Å². The first-order chi connectivity index (χ1) is 15.3. The van der Waals surface area contributed by atoms with E-state index in [1.165, 1.54) is 16.4 Å². The third kappa shape index (κ3) is 5.06. The first-order valence-electron chi connectivity index (χ1n) is 11.2. The number of sulfonamides is 1. The molecule has 1 amide bonds. The summed E-state index contributed by atoms with van der Waals surface area (Å²) in [6, 6.07) is 9.90. The number of carbonyl (C=O) groups is 1. The highest BCUT2D eigenvalue weighted by Gasteiger charge is 2.32. The summed E-state index contributed by atoms with van der Waals surface area (Å²) in [4.78, 5) is 15.2. The Hall–Kier alpha value is -2.20. The molecule has 2 saturated heterocycles. The average molecular weight is 462 g/mol. The molecule has 0 radical (unpaired) electrons. The summed E-state index contributed by atoms with van der Waals surface area (Å²) in [6.45, 7) is 6.75. The van der Waals surface area contributed by atoms with Crippen molar-refractivity contribution >= 4 is 15.9 Å². The van der Waals surface area contributed by atoms with Crippen LogP contribution in [0.2, 0.25) is 0 Å². The highest BCUT2D eigenvalue weighted by atomic mass is 32.2. The van der Waals surface area contributed by atoms with Crippen molar-refractivity contribution in [3.63, 3.8) is 0 Å². The van der Waals surface area contributed by atoms with Gasteiger partial charge in [0.25, 0.3) is 5.91 Å². The van der Waals surface area contributed by atoms with Crippen LogP contribution in [0.1, 0.15) is 48.8 Å². The van der Waals surface area contributed by atoms with Crippen LogP contribution in [0.25, 0.3) is 0 Å². The van der Waals surface area contributed by atoms with Crippen molar-refractivity contribution in [2.24, 2.45) is 0 Å². The van der Waals surface area contributed by atoms with Gasteiger partial charge in [-0.15, -0.1) is 0 Å². The van der Waals surface area contributed by atoms with Gasteiger partial charge in [-0.2, -0.15) is 4.31 Å². The van der Waals surface area contributed by atoms with Gasteiger partial charge in [0, 0.05) is 25.2 Å². The number of nitrogens with one attached hydrogen (secondary N) is 1. The van der Waals surface area contributed by atoms with Crippen molar-refractivity contribution < 1.29 is 22.4 Å². The van der Waals surface area contributed by atoms with E-state index in [0.29, 0.717) is 25.2 Å². The van der Waals surface area contributed by atoms with Crippen LogP contribution >= 0.6 is 0 Å². The topological polar surface area (TPSA) is 92.1 Å². The van der Waals surface area contributed by atoms with Gasteiger partial charge in [0.15, 0.2) is 0 Å². The minimum absolute atomic E-state index is 0.0126. The Kier molecular flexibility index (Phi) is 6.99. The molecule has 1 N–H and O–H groups in total. The predicted octanol–water partition coefficient (Wildman–Crippen LogP) is 2.64. The molecule has 0 saturated carbocycles. The SMILES string of the molecule is C[C@@H]1CN(S(=O)(=O)c2ccc(C(=O)NC[C@@H](c3ccco3)N3CCCC3)cc2)C[C@@H](C)O1. The van der Waals surface area contributed by atoms with E-state index in [9.17, 15) is 13.2 Å². The maximum Gasteiger partial charge on any atom is 0.251 e. The average Bonchev–Trinajstić information content (AvgIpc) is 3.48. The highest BCUT2D eigenvalue weighted by Crippen LogP contribution is 2.25. The van der Waals surface area contributed by atoms with Gasteiger partial charge in [0.05, 0.1) is 29.4 Å². The van der Waals surface area contributed by atoms with Gasteiger partial charge in [-0.1, -0.05) is 0 Å². The number of rotatable bonds is 7. The lowest BCUT2D eigenvalue weighted by Gasteiger charge is -2.34. The molecular formula is C23H31N3O5S. The summed E-state index contributed by atoms with van der Waals surface area (Å²) in [5, 5.41) is 2.98. The van der Waals surface area contributed by atoms with Gasteiger partial charge < -0.3 is 14.5 Å². The van der Waals surface area contributed by atoms with Crippen LogP contribution in [-0.2, 0) is 14.8 Å². The number of amides is 1. The Morgan fingerprint density at radius 2 is 1.75 bits per heavy atom. The molecule has 32 heavy (non-hydrogen) atoms. The third-order valence-corrected chi connectivity index (χ3v) is 7.90. The molecule has 3 heterocycles. The largest absolute Gasteiger partial charge is 0.468 e. The number of likely N-dealkylation sites (tertiary alicyclic amines) is 1. The molecule has 2 aliphatic heterocycles. The molecule has 4 rings (SSSR count). The van der Waals surface area contributed by atoms with E-state index in [0.717, 1.165) is 31.7 Å². The summed E-state index contributed by atoms with van der Waals surface area (Å²) in [6.07, 6.45) is 3.62. The third-order valence-electron chi connectivity index (χ3n) is 6.05. The summed E-state index contributed by atoms with van der Waals surface area (Å²) in [5.41, 5.74) is 0.423. The van der Waals surface area contributed by atoms with E-state index in [-0.39, 0.29) is 29.1 Å². The molecule has 0 bridgehead atoms. The zero-order valence-electron chi connectivity index (χ0n) is 18.6. The summed E-state index contributed by atoms with van der Waals surface area (Å²) < 4.78 is 38.7. The number of benzene rings is 1. The standard InChI is InChI=1S/C23H31N3O5S/c1-17-15-26(16-18(2)31-17)32(28,29)20-9-7-19(8-10-20)23(27)24-14-21(22-6-5-13-30-22)25-11-3-4-12-25/h5-10,13,17-18,21H,3-4,11-12,14-16H2,1-2H3,(H,24,27)/t17-,18-,21+/m1/s1. The number of furan rings is 1. The second kappa shape index (κ2) is 9.74. The van der Waals surface area contributed by atoms with E-state index in [1.807, 2.05) is 26.0 Å². The van der Waals surface area contributed by atoms with Crippen molar-refractivity contribution in [2.75, 3.05) is 32.7 Å². The lowest BCUT2D eigenvalue weighted by molar-refractivity contribution is -0.0440. The zero-order valence-corrected chi connectivity index (χ0v) is 19.4. The number of carbonyl (C=O) groups excluding carboxylic acids is 1. The smallest absolute Gasteiger partial charge is 0.251 e. The van der Waals surface area contributed by atoms with Crippen LogP contribution in [0.15, 0.2) is 52.0 Å². The molecule has 2 aromatic rings. The second-order valence-corrected chi connectivity index (χ2v) is 10.5.